The van der Waals surface area contributed by atoms with E-state index in [4.69, 9.17) is 4.74 Å². The van der Waals surface area contributed by atoms with Gasteiger partial charge < -0.3 is 10.1 Å². The number of aromatic nitrogens is 2. The predicted octanol–water partition coefficient (Wildman–Crippen LogP) is 2.14. The molecule has 0 radical (unpaired) electrons. The Labute approximate surface area is 122 Å². The van der Waals surface area contributed by atoms with Crippen LogP contribution in [0.2, 0.25) is 0 Å². The molecule has 0 saturated carbocycles. The number of carbonyl (C=O) groups is 1. The number of para-hydroxylation sites is 1. The molecule has 0 atom stereocenters. The molecular weight excluding hydrogens is 266 g/mol. The summed E-state index contributed by atoms with van der Waals surface area (Å²) in [5.41, 5.74) is 1.27. The molecule has 21 heavy (non-hydrogen) atoms. The fourth-order valence-electron chi connectivity index (χ4n) is 2.04. The minimum atomic E-state index is -0.162. The van der Waals surface area contributed by atoms with E-state index in [0.29, 0.717) is 18.8 Å². The van der Waals surface area contributed by atoms with Crippen LogP contribution in [0.5, 0.6) is 5.75 Å². The van der Waals surface area contributed by atoms with Crippen LogP contribution >= 0.6 is 0 Å². The number of carbonyl (C=O) groups excluding carboxylic acids is 1. The largest absolute Gasteiger partial charge is 0.492 e. The maximum Gasteiger partial charge on any atom is 0.270 e. The Hall–Kier alpha value is -2.82. The summed E-state index contributed by atoms with van der Waals surface area (Å²) in [5.74, 6) is 0.631. The minimum Gasteiger partial charge on any atom is -0.492 e. The maximum atomic E-state index is 12.1. The Morgan fingerprint density at radius 1 is 1.14 bits per heavy atom. The first-order valence-corrected chi connectivity index (χ1v) is 6.73. The molecule has 0 fully saturated rings. The van der Waals surface area contributed by atoms with Crippen molar-refractivity contribution in [3.05, 3.63) is 66.6 Å². The molecule has 2 aromatic heterocycles. The predicted molar refractivity (Wildman–Crippen MR) is 79.5 cm³/mol. The Kier molecular flexibility index (Phi) is 3.82. The third-order valence-electron chi connectivity index (χ3n) is 3.05. The van der Waals surface area contributed by atoms with Crippen molar-refractivity contribution in [2.75, 3.05) is 13.2 Å². The van der Waals surface area contributed by atoms with Crippen molar-refractivity contribution in [3.63, 3.8) is 0 Å². The zero-order valence-corrected chi connectivity index (χ0v) is 11.4. The van der Waals surface area contributed by atoms with Gasteiger partial charge in [0.05, 0.1) is 12.7 Å². The average molecular weight is 281 g/mol. The second-order valence-electron chi connectivity index (χ2n) is 4.49. The molecule has 106 valence electrons. The summed E-state index contributed by atoms with van der Waals surface area (Å²) >= 11 is 0. The highest BCUT2D eigenvalue weighted by Gasteiger charge is 2.10. The Balaban J connectivity index is 1.55. The molecule has 5 heteroatoms. The van der Waals surface area contributed by atoms with Crippen molar-refractivity contribution in [1.29, 1.82) is 0 Å². The summed E-state index contributed by atoms with van der Waals surface area (Å²) < 4.78 is 7.28. The van der Waals surface area contributed by atoms with Crippen molar-refractivity contribution in [2.45, 2.75) is 0 Å². The van der Waals surface area contributed by atoms with Gasteiger partial charge in [-0.05, 0) is 24.3 Å². The first-order chi connectivity index (χ1) is 10.3. The van der Waals surface area contributed by atoms with Gasteiger partial charge in [0.15, 0.2) is 0 Å². The Morgan fingerprint density at radius 3 is 2.81 bits per heavy atom. The molecule has 1 N–H and O–H groups in total. The normalized spacial score (nSPS) is 10.5. The van der Waals surface area contributed by atoms with Gasteiger partial charge in [0.1, 0.15) is 23.7 Å². The van der Waals surface area contributed by atoms with Gasteiger partial charge >= 0.3 is 0 Å². The lowest BCUT2D eigenvalue weighted by Crippen LogP contribution is -2.29. The summed E-state index contributed by atoms with van der Waals surface area (Å²) in [7, 11) is 0. The number of hydrogen-bond donors (Lipinski definition) is 1. The van der Waals surface area contributed by atoms with E-state index in [-0.39, 0.29) is 5.91 Å². The van der Waals surface area contributed by atoms with Crippen LogP contribution in [0.1, 0.15) is 10.5 Å². The smallest absolute Gasteiger partial charge is 0.270 e. The number of benzene rings is 1. The van der Waals surface area contributed by atoms with Gasteiger partial charge in [0.2, 0.25) is 0 Å². The number of nitrogens with zero attached hydrogens (tertiary/aromatic N) is 2. The molecule has 0 aliphatic rings. The van der Waals surface area contributed by atoms with E-state index < -0.39 is 0 Å². The number of ether oxygens (including phenoxy) is 1. The fourth-order valence-corrected chi connectivity index (χ4v) is 2.04. The standard InChI is InChI=1S/C16H15N3O2/c20-16(14-12-18-15-8-4-5-10-19(14)15)17-9-11-21-13-6-2-1-3-7-13/h1-8,10,12H,9,11H2,(H,17,20). The molecule has 1 aromatic carbocycles. The SMILES string of the molecule is O=C(NCCOc1ccccc1)c1cnc2ccccn12. The monoisotopic (exact) mass is 281 g/mol. The highest BCUT2D eigenvalue weighted by Crippen LogP contribution is 2.08. The Morgan fingerprint density at radius 2 is 1.95 bits per heavy atom. The Bertz CT molecular complexity index is 737. The van der Waals surface area contributed by atoms with E-state index in [1.165, 1.54) is 0 Å². The molecule has 5 nitrogen and oxygen atoms in total. The summed E-state index contributed by atoms with van der Waals surface area (Å²) in [6.45, 7) is 0.861. The fraction of sp³-hybridized carbons (Fsp3) is 0.125. The van der Waals surface area contributed by atoms with Crippen LogP contribution in [-0.2, 0) is 0 Å². The molecule has 0 unspecified atom stereocenters. The van der Waals surface area contributed by atoms with Gasteiger partial charge in [-0.2, -0.15) is 0 Å². The lowest BCUT2D eigenvalue weighted by atomic mass is 10.3. The topological polar surface area (TPSA) is 55.6 Å². The van der Waals surface area contributed by atoms with Crippen LogP contribution in [0, 0.1) is 0 Å². The lowest BCUT2D eigenvalue weighted by molar-refractivity contribution is 0.0941. The van der Waals surface area contributed by atoms with Crippen LogP contribution in [0.4, 0.5) is 0 Å². The number of rotatable bonds is 5. The molecule has 0 aliphatic carbocycles. The zero-order chi connectivity index (χ0) is 14.5. The van der Waals surface area contributed by atoms with Gasteiger partial charge in [-0.1, -0.05) is 24.3 Å². The van der Waals surface area contributed by atoms with Crippen LogP contribution in [0.25, 0.3) is 5.65 Å². The van der Waals surface area contributed by atoms with Crippen molar-refractivity contribution in [1.82, 2.24) is 14.7 Å². The summed E-state index contributed by atoms with van der Waals surface area (Å²) in [5, 5.41) is 2.82. The first-order valence-electron chi connectivity index (χ1n) is 6.73. The van der Waals surface area contributed by atoms with Gasteiger partial charge in [-0.3, -0.25) is 9.20 Å². The number of hydrogen-bond acceptors (Lipinski definition) is 3. The average Bonchev–Trinajstić information content (AvgIpc) is 2.96. The molecule has 0 spiro atoms. The van der Waals surface area contributed by atoms with E-state index in [9.17, 15) is 4.79 Å². The third-order valence-corrected chi connectivity index (χ3v) is 3.05. The van der Waals surface area contributed by atoms with E-state index >= 15 is 0 Å². The molecule has 0 saturated heterocycles. The summed E-state index contributed by atoms with van der Waals surface area (Å²) in [4.78, 5) is 16.3. The summed E-state index contributed by atoms with van der Waals surface area (Å²) in [6, 6.07) is 15.1. The molecule has 3 aromatic rings. The molecule has 2 heterocycles. The highest BCUT2D eigenvalue weighted by molar-refractivity contribution is 5.93. The van der Waals surface area contributed by atoms with Crippen LogP contribution in [0.15, 0.2) is 60.9 Å². The maximum absolute atomic E-state index is 12.1. The number of amides is 1. The second kappa shape index (κ2) is 6.09. The molecule has 0 bridgehead atoms. The number of imidazole rings is 1. The molecule has 0 aliphatic heterocycles. The number of pyridine rings is 1. The highest BCUT2D eigenvalue weighted by atomic mass is 16.5. The lowest BCUT2D eigenvalue weighted by Gasteiger charge is -2.07. The van der Waals surface area contributed by atoms with Crippen LogP contribution in [0.3, 0.4) is 0 Å². The van der Waals surface area contributed by atoms with Gasteiger partial charge in [-0.25, -0.2) is 4.98 Å². The van der Waals surface area contributed by atoms with Gasteiger partial charge in [0.25, 0.3) is 5.91 Å². The summed E-state index contributed by atoms with van der Waals surface area (Å²) in [6.07, 6.45) is 3.39. The van der Waals surface area contributed by atoms with E-state index in [2.05, 4.69) is 10.3 Å². The first kappa shape index (κ1) is 13.2. The quantitative estimate of drug-likeness (QED) is 0.729. The number of nitrogens with one attached hydrogen (secondary N) is 1. The van der Waals surface area contributed by atoms with Crippen LogP contribution in [-0.4, -0.2) is 28.4 Å². The van der Waals surface area contributed by atoms with Crippen molar-refractivity contribution in [2.24, 2.45) is 0 Å². The molecular formula is C16H15N3O2. The minimum absolute atomic E-state index is 0.162. The van der Waals surface area contributed by atoms with Crippen molar-refractivity contribution < 1.29 is 9.53 Å². The van der Waals surface area contributed by atoms with Crippen LogP contribution < -0.4 is 10.1 Å². The second-order valence-corrected chi connectivity index (χ2v) is 4.49. The van der Waals surface area contributed by atoms with Crippen molar-refractivity contribution >= 4 is 11.6 Å². The van der Waals surface area contributed by atoms with E-state index in [1.54, 1.807) is 10.6 Å². The van der Waals surface area contributed by atoms with E-state index in [1.807, 2.05) is 54.7 Å². The van der Waals surface area contributed by atoms with Gasteiger partial charge in [-0.15, -0.1) is 0 Å². The van der Waals surface area contributed by atoms with Gasteiger partial charge in [0, 0.05) is 6.20 Å². The van der Waals surface area contributed by atoms with E-state index in [0.717, 1.165) is 11.4 Å². The number of fused-ring (bicyclic) bond motifs is 1. The molecule has 1 amide bonds. The zero-order valence-electron chi connectivity index (χ0n) is 11.4. The van der Waals surface area contributed by atoms with Crippen molar-refractivity contribution in [3.8, 4) is 5.75 Å². The molecule has 3 rings (SSSR count). The third kappa shape index (κ3) is 3.02.